The monoisotopic (exact) mass is 296 g/mol. The van der Waals surface area contributed by atoms with Gasteiger partial charge in [0, 0.05) is 31.6 Å². The number of aromatic nitrogens is 2. The van der Waals surface area contributed by atoms with E-state index in [1.165, 1.54) is 11.3 Å². The molecule has 0 radical (unpaired) electrons. The van der Waals surface area contributed by atoms with Crippen molar-refractivity contribution < 1.29 is 4.74 Å². The molecule has 3 heterocycles. The molecule has 0 bridgehead atoms. The lowest BCUT2D eigenvalue weighted by Crippen LogP contribution is -2.20. The number of anilines is 3. The minimum atomic E-state index is 0.311. The number of hydrogen-bond acceptors (Lipinski definition) is 5. The standard InChI is InChI=1S/C17H20N4O/c1-2-6-15-13(4-1)8-10-21(15)17-18-9-7-16(20-17)19-12-14-5-3-11-22-14/h1-2,4,6-7,9,14H,3,5,8,10-12H2,(H,18,19,20). The third-order valence-electron chi connectivity index (χ3n) is 4.31. The van der Waals surface area contributed by atoms with Crippen LogP contribution in [0.5, 0.6) is 0 Å². The minimum Gasteiger partial charge on any atom is -0.376 e. The number of para-hydroxylation sites is 1. The number of ether oxygens (including phenoxy) is 1. The number of benzene rings is 1. The van der Waals surface area contributed by atoms with E-state index in [0.717, 1.165) is 50.7 Å². The SMILES string of the molecule is c1ccc2c(c1)CCN2c1nccc(NCC2CCCO2)n1. The molecule has 1 aromatic carbocycles. The first-order valence-corrected chi connectivity index (χ1v) is 7.94. The van der Waals surface area contributed by atoms with E-state index in [1.807, 2.05) is 12.3 Å². The van der Waals surface area contributed by atoms with E-state index in [-0.39, 0.29) is 0 Å². The van der Waals surface area contributed by atoms with Crippen LogP contribution in [0, 0.1) is 0 Å². The molecule has 1 N–H and O–H groups in total. The molecule has 2 aromatic rings. The van der Waals surface area contributed by atoms with Crippen molar-refractivity contribution in [3.05, 3.63) is 42.1 Å². The molecule has 5 nitrogen and oxygen atoms in total. The van der Waals surface area contributed by atoms with Crippen molar-refractivity contribution in [3.8, 4) is 0 Å². The summed E-state index contributed by atoms with van der Waals surface area (Å²) in [4.78, 5) is 11.3. The predicted octanol–water partition coefficient (Wildman–Crippen LogP) is 2.76. The largest absolute Gasteiger partial charge is 0.376 e. The zero-order valence-corrected chi connectivity index (χ0v) is 12.5. The summed E-state index contributed by atoms with van der Waals surface area (Å²) in [7, 11) is 0. The zero-order chi connectivity index (χ0) is 14.8. The van der Waals surface area contributed by atoms with Crippen molar-refractivity contribution >= 4 is 17.5 Å². The van der Waals surface area contributed by atoms with E-state index in [2.05, 4.69) is 44.5 Å². The van der Waals surface area contributed by atoms with Crippen molar-refractivity contribution in [2.75, 3.05) is 29.9 Å². The quantitative estimate of drug-likeness (QED) is 0.940. The van der Waals surface area contributed by atoms with Gasteiger partial charge in [-0.05, 0) is 37.0 Å². The van der Waals surface area contributed by atoms with E-state index in [4.69, 9.17) is 4.74 Å². The van der Waals surface area contributed by atoms with Gasteiger partial charge in [0.15, 0.2) is 0 Å². The van der Waals surface area contributed by atoms with E-state index in [0.29, 0.717) is 6.10 Å². The Hall–Kier alpha value is -2.14. The maximum Gasteiger partial charge on any atom is 0.231 e. The molecule has 22 heavy (non-hydrogen) atoms. The summed E-state index contributed by atoms with van der Waals surface area (Å²) >= 11 is 0. The molecular formula is C17H20N4O. The maximum atomic E-state index is 5.63. The molecular weight excluding hydrogens is 276 g/mol. The molecule has 1 unspecified atom stereocenters. The highest BCUT2D eigenvalue weighted by Crippen LogP contribution is 2.32. The fraction of sp³-hybridized carbons (Fsp3) is 0.412. The van der Waals surface area contributed by atoms with E-state index < -0.39 is 0 Å². The molecule has 4 rings (SSSR count). The first-order chi connectivity index (χ1) is 10.9. The third-order valence-corrected chi connectivity index (χ3v) is 4.31. The number of fused-ring (bicyclic) bond motifs is 1. The van der Waals surface area contributed by atoms with Gasteiger partial charge < -0.3 is 15.0 Å². The summed E-state index contributed by atoms with van der Waals surface area (Å²) < 4.78 is 5.63. The number of rotatable bonds is 4. The molecule has 1 aromatic heterocycles. The Morgan fingerprint density at radius 3 is 3.14 bits per heavy atom. The first-order valence-electron chi connectivity index (χ1n) is 7.94. The Kier molecular flexibility index (Phi) is 3.64. The van der Waals surface area contributed by atoms with Gasteiger partial charge in [0.25, 0.3) is 0 Å². The van der Waals surface area contributed by atoms with Crippen molar-refractivity contribution in [3.63, 3.8) is 0 Å². The van der Waals surface area contributed by atoms with Crippen LogP contribution in [0.4, 0.5) is 17.5 Å². The molecule has 5 heteroatoms. The lowest BCUT2D eigenvalue weighted by molar-refractivity contribution is 0.120. The Morgan fingerprint density at radius 2 is 2.23 bits per heavy atom. The van der Waals surface area contributed by atoms with Gasteiger partial charge in [-0.25, -0.2) is 4.98 Å². The van der Waals surface area contributed by atoms with Crippen LogP contribution in [-0.4, -0.2) is 35.8 Å². The maximum absolute atomic E-state index is 5.63. The summed E-state index contributed by atoms with van der Waals surface area (Å²) in [5, 5.41) is 3.37. The fourth-order valence-corrected chi connectivity index (χ4v) is 3.15. The molecule has 1 saturated heterocycles. The highest BCUT2D eigenvalue weighted by atomic mass is 16.5. The topological polar surface area (TPSA) is 50.3 Å². The molecule has 114 valence electrons. The highest BCUT2D eigenvalue weighted by Gasteiger charge is 2.22. The number of hydrogen-bond donors (Lipinski definition) is 1. The fourth-order valence-electron chi connectivity index (χ4n) is 3.15. The Morgan fingerprint density at radius 1 is 1.27 bits per heavy atom. The predicted molar refractivity (Wildman–Crippen MR) is 86.6 cm³/mol. The molecule has 0 aliphatic carbocycles. The van der Waals surface area contributed by atoms with Crippen LogP contribution in [0.3, 0.4) is 0 Å². The molecule has 0 amide bonds. The van der Waals surface area contributed by atoms with Gasteiger partial charge in [-0.3, -0.25) is 0 Å². The van der Waals surface area contributed by atoms with Gasteiger partial charge in [0.1, 0.15) is 5.82 Å². The first kappa shape index (κ1) is 13.5. The van der Waals surface area contributed by atoms with Gasteiger partial charge >= 0.3 is 0 Å². The van der Waals surface area contributed by atoms with Crippen LogP contribution in [0.1, 0.15) is 18.4 Å². The van der Waals surface area contributed by atoms with Crippen molar-refractivity contribution in [2.24, 2.45) is 0 Å². The Balaban J connectivity index is 1.50. The Labute approximate surface area is 130 Å². The Bertz CT molecular complexity index is 655. The average Bonchev–Trinajstić information content (AvgIpc) is 3.23. The summed E-state index contributed by atoms with van der Waals surface area (Å²) in [6.07, 6.45) is 5.47. The van der Waals surface area contributed by atoms with E-state index >= 15 is 0 Å². The molecule has 2 aliphatic rings. The highest BCUT2D eigenvalue weighted by molar-refractivity contribution is 5.66. The van der Waals surface area contributed by atoms with E-state index in [1.54, 1.807) is 0 Å². The minimum absolute atomic E-state index is 0.311. The second-order valence-electron chi connectivity index (χ2n) is 5.79. The molecule has 2 aliphatic heterocycles. The average molecular weight is 296 g/mol. The van der Waals surface area contributed by atoms with Crippen LogP contribution < -0.4 is 10.2 Å². The zero-order valence-electron chi connectivity index (χ0n) is 12.5. The number of nitrogens with zero attached hydrogens (tertiary/aromatic N) is 3. The summed E-state index contributed by atoms with van der Waals surface area (Å²) in [5.41, 5.74) is 2.59. The normalized spacial score (nSPS) is 20.2. The summed E-state index contributed by atoms with van der Waals surface area (Å²) in [6.45, 7) is 2.63. The molecule has 1 atom stereocenters. The van der Waals surface area contributed by atoms with Crippen LogP contribution in [0.2, 0.25) is 0 Å². The molecule has 0 spiro atoms. The molecule has 1 fully saturated rings. The molecule has 0 saturated carbocycles. The van der Waals surface area contributed by atoms with Gasteiger partial charge in [0.2, 0.25) is 5.95 Å². The van der Waals surface area contributed by atoms with Crippen LogP contribution in [0.25, 0.3) is 0 Å². The van der Waals surface area contributed by atoms with E-state index in [9.17, 15) is 0 Å². The second-order valence-corrected chi connectivity index (χ2v) is 5.79. The number of nitrogens with one attached hydrogen (secondary N) is 1. The third kappa shape index (κ3) is 2.64. The van der Waals surface area contributed by atoms with Crippen molar-refractivity contribution in [1.29, 1.82) is 0 Å². The smallest absolute Gasteiger partial charge is 0.231 e. The lowest BCUT2D eigenvalue weighted by Gasteiger charge is -2.18. The van der Waals surface area contributed by atoms with Crippen molar-refractivity contribution in [1.82, 2.24) is 9.97 Å². The van der Waals surface area contributed by atoms with Crippen LogP contribution in [0.15, 0.2) is 36.5 Å². The summed E-state index contributed by atoms with van der Waals surface area (Å²) in [6, 6.07) is 10.4. The van der Waals surface area contributed by atoms with Gasteiger partial charge in [-0.2, -0.15) is 4.98 Å². The lowest BCUT2D eigenvalue weighted by atomic mass is 10.2. The van der Waals surface area contributed by atoms with Crippen LogP contribution in [-0.2, 0) is 11.2 Å². The van der Waals surface area contributed by atoms with Crippen molar-refractivity contribution in [2.45, 2.75) is 25.4 Å². The van der Waals surface area contributed by atoms with Gasteiger partial charge in [-0.15, -0.1) is 0 Å². The van der Waals surface area contributed by atoms with Gasteiger partial charge in [0.05, 0.1) is 6.10 Å². The van der Waals surface area contributed by atoms with Crippen LogP contribution >= 0.6 is 0 Å². The summed E-state index contributed by atoms with van der Waals surface area (Å²) in [5.74, 6) is 1.63. The van der Waals surface area contributed by atoms with Gasteiger partial charge in [-0.1, -0.05) is 18.2 Å². The second kappa shape index (κ2) is 5.93.